The Kier molecular flexibility index (Phi) is 3.23. The lowest BCUT2D eigenvalue weighted by Crippen LogP contribution is -1.96. The summed E-state index contributed by atoms with van der Waals surface area (Å²) in [6, 6.07) is 7.32. The number of halogens is 2. The fourth-order valence-corrected chi connectivity index (χ4v) is 2.29. The van der Waals surface area contributed by atoms with Crippen LogP contribution in [-0.2, 0) is 0 Å². The minimum absolute atomic E-state index is 0.426. The van der Waals surface area contributed by atoms with Crippen LogP contribution in [0.2, 0.25) is 10.2 Å². The highest BCUT2D eigenvalue weighted by atomic mass is 35.5. The molecule has 1 aromatic carbocycles. The predicted molar refractivity (Wildman–Crippen MR) is 80.0 cm³/mol. The summed E-state index contributed by atoms with van der Waals surface area (Å²) in [5.74, 6) is 0.882. The molecule has 0 saturated carbocycles. The highest BCUT2D eigenvalue weighted by Crippen LogP contribution is 2.23. The molecule has 0 saturated heterocycles. The molecule has 102 valence electrons. The third kappa shape index (κ3) is 2.42. The molecule has 3 rings (SSSR count). The normalized spacial score (nSPS) is 11.0. The summed E-state index contributed by atoms with van der Waals surface area (Å²) in [5, 5.41) is 8.51. The molecule has 2 aromatic heterocycles. The fourth-order valence-electron chi connectivity index (χ4n) is 1.85. The second kappa shape index (κ2) is 4.92. The van der Waals surface area contributed by atoms with Crippen LogP contribution in [0, 0.1) is 13.8 Å². The Bertz CT molecular complexity index is 797. The summed E-state index contributed by atoms with van der Waals surface area (Å²) >= 11 is 12.1. The first-order valence-electron chi connectivity index (χ1n) is 5.96. The van der Waals surface area contributed by atoms with Crippen LogP contribution in [0.15, 0.2) is 24.3 Å². The van der Waals surface area contributed by atoms with E-state index in [4.69, 9.17) is 23.2 Å². The fraction of sp³-hybridized carbons (Fsp3) is 0.154. The van der Waals surface area contributed by atoms with Gasteiger partial charge in [-0.15, -0.1) is 5.10 Å². The number of rotatable bonds is 2. The van der Waals surface area contributed by atoms with Gasteiger partial charge in [0.1, 0.15) is 5.15 Å². The minimum atomic E-state index is 0.426. The van der Waals surface area contributed by atoms with Gasteiger partial charge in [-0.2, -0.15) is 9.50 Å². The molecule has 0 atom stereocenters. The largest absolute Gasteiger partial charge is 0.323 e. The highest BCUT2D eigenvalue weighted by molar-refractivity contribution is 6.31. The molecule has 3 aromatic rings. The van der Waals surface area contributed by atoms with Gasteiger partial charge in [-0.3, -0.25) is 0 Å². The zero-order chi connectivity index (χ0) is 14.3. The maximum atomic E-state index is 6.11. The molecule has 7 heteroatoms. The number of hydrogen-bond acceptors (Lipinski definition) is 4. The van der Waals surface area contributed by atoms with E-state index >= 15 is 0 Å². The molecular formula is C13H11Cl2N5. The van der Waals surface area contributed by atoms with Crippen molar-refractivity contribution in [2.24, 2.45) is 0 Å². The first-order valence-corrected chi connectivity index (χ1v) is 6.71. The monoisotopic (exact) mass is 307 g/mol. The van der Waals surface area contributed by atoms with Crippen molar-refractivity contribution in [1.82, 2.24) is 19.6 Å². The average molecular weight is 308 g/mol. The zero-order valence-electron chi connectivity index (χ0n) is 10.9. The lowest BCUT2D eigenvalue weighted by molar-refractivity contribution is 0.932. The van der Waals surface area contributed by atoms with Crippen LogP contribution < -0.4 is 5.32 Å². The van der Waals surface area contributed by atoms with Gasteiger partial charge in [0, 0.05) is 16.4 Å². The van der Waals surface area contributed by atoms with Crippen molar-refractivity contribution in [2.45, 2.75) is 13.8 Å². The van der Waals surface area contributed by atoms with E-state index in [1.54, 1.807) is 6.07 Å². The van der Waals surface area contributed by atoms with Crippen LogP contribution in [0.25, 0.3) is 5.78 Å². The number of aryl methyl sites for hydroxylation is 2. The van der Waals surface area contributed by atoms with Gasteiger partial charge in [-0.05, 0) is 37.6 Å². The Labute approximate surface area is 125 Å². The third-order valence-corrected chi connectivity index (χ3v) is 3.35. The minimum Gasteiger partial charge on any atom is -0.323 e. The van der Waals surface area contributed by atoms with Crippen molar-refractivity contribution in [3.63, 3.8) is 0 Å². The number of nitrogens with one attached hydrogen (secondary N) is 1. The van der Waals surface area contributed by atoms with Gasteiger partial charge in [0.25, 0.3) is 5.78 Å². The Hall–Kier alpha value is -1.85. The van der Waals surface area contributed by atoms with Gasteiger partial charge < -0.3 is 5.32 Å². The number of benzene rings is 1. The van der Waals surface area contributed by atoms with Crippen molar-refractivity contribution < 1.29 is 0 Å². The van der Waals surface area contributed by atoms with E-state index in [1.807, 2.05) is 32.0 Å². The van der Waals surface area contributed by atoms with Crippen LogP contribution in [0.5, 0.6) is 0 Å². The van der Waals surface area contributed by atoms with E-state index in [0.29, 0.717) is 21.9 Å². The highest BCUT2D eigenvalue weighted by Gasteiger charge is 2.09. The third-order valence-electron chi connectivity index (χ3n) is 2.84. The second-order valence-electron chi connectivity index (χ2n) is 4.45. The summed E-state index contributed by atoms with van der Waals surface area (Å²) in [7, 11) is 0. The number of aromatic nitrogens is 4. The molecule has 1 N–H and O–H groups in total. The Balaban J connectivity index is 2.03. The summed E-state index contributed by atoms with van der Waals surface area (Å²) < 4.78 is 1.48. The average Bonchev–Trinajstić information content (AvgIpc) is 2.76. The molecule has 0 bridgehead atoms. The smallest absolute Gasteiger partial charge is 0.255 e. The molecule has 0 spiro atoms. The first kappa shape index (κ1) is 13.1. The molecule has 0 aliphatic carbocycles. The van der Waals surface area contributed by atoms with Gasteiger partial charge in [0.05, 0.1) is 0 Å². The van der Waals surface area contributed by atoms with Gasteiger partial charge in [0.15, 0.2) is 0 Å². The molecule has 0 aliphatic heterocycles. The van der Waals surface area contributed by atoms with E-state index in [-0.39, 0.29) is 0 Å². The van der Waals surface area contributed by atoms with Crippen LogP contribution in [0.1, 0.15) is 11.3 Å². The van der Waals surface area contributed by atoms with E-state index in [2.05, 4.69) is 20.4 Å². The van der Waals surface area contributed by atoms with Gasteiger partial charge in [0.2, 0.25) is 5.95 Å². The van der Waals surface area contributed by atoms with Crippen molar-refractivity contribution in [3.8, 4) is 0 Å². The molecule has 20 heavy (non-hydrogen) atoms. The Morgan fingerprint density at radius 3 is 2.70 bits per heavy atom. The van der Waals surface area contributed by atoms with Crippen molar-refractivity contribution in [3.05, 3.63) is 45.7 Å². The number of anilines is 2. The molecule has 2 heterocycles. The SMILES string of the molecule is Cc1cc(Cl)n2nc(Nc3cc(Cl)ccc3C)nc2n1. The topological polar surface area (TPSA) is 55.1 Å². The first-order chi connectivity index (χ1) is 9.52. The molecule has 0 radical (unpaired) electrons. The van der Waals surface area contributed by atoms with E-state index in [1.165, 1.54) is 4.52 Å². The van der Waals surface area contributed by atoms with Crippen LogP contribution in [0.4, 0.5) is 11.6 Å². The summed E-state index contributed by atoms with van der Waals surface area (Å²) in [6.07, 6.45) is 0. The number of hydrogen-bond donors (Lipinski definition) is 1. The van der Waals surface area contributed by atoms with E-state index in [9.17, 15) is 0 Å². The van der Waals surface area contributed by atoms with Crippen molar-refractivity contribution >= 4 is 40.6 Å². The van der Waals surface area contributed by atoms with Gasteiger partial charge >= 0.3 is 0 Å². The quantitative estimate of drug-likeness (QED) is 0.732. The Morgan fingerprint density at radius 1 is 1.10 bits per heavy atom. The van der Waals surface area contributed by atoms with E-state index < -0.39 is 0 Å². The molecule has 0 unspecified atom stereocenters. The molecule has 0 aliphatic rings. The van der Waals surface area contributed by atoms with Crippen molar-refractivity contribution in [1.29, 1.82) is 0 Å². The lowest BCUT2D eigenvalue weighted by atomic mass is 10.2. The predicted octanol–water partition coefficient (Wildman–Crippen LogP) is 3.79. The van der Waals surface area contributed by atoms with Crippen LogP contribution in [0.3, 0.4) is 0 Å². The summed E-state index contributed by atoms with van der Waals surface area (Å²) in [5.41, 5.74) is 2.69. The van der Waals surface area contributed by atoms with Gasteiger partial charge in [-0.1, -0.05) is 29.3 Å². The second-order valence-corrected chi connectivity index (χ2v) is 5.28. The molecule has 0 amide bonds. The summed E-state index contributed by atoms with van der Waals surface area (Å²) in [6.45, 7) is 3.83. The van der Waals surface area contributed by atoms with Crippen molar-refractivity contribution in [2.75, 3.05) is 5.32 Å². The van der Waals surface area contributed by atoms with E-state index in [0.717, 1.165) is 16.9 Å². The number of nitrogens with zero attached hydrogens (tertiary/aromatic N) is 4. The number of fused-ring (bicyclic) bond motifs is 1. The standard InChI is InChI=1S/C13H11Cl2N5/c1-7-3-4-9(14)6-10(7)17-12-18-13-16-8(2)5-11(15)20(13)19-12/h3-6H,1-2H3,(H,17,19). The summed E-state index contributed by atoms with van der Waals surface area (Å²) in [4.78, 5) is 8.58. The van der Waals surface area contributed by atoms with Crippen LogP contribution >= 0.6 is 23.2 Å². The van der Waals surface area contributed by atoms with Gasteiger partial charge in [-0.25, -0.2) is 4.98 Å². The zero-order valence-corrected chi connectivity index (χ0v) is 12.4. The lowest BCUT2D eigenvalue weighted by Gasteiger charge is -2.05. The maximum Gasteiger partial charge on any atom is 0.255 e. The molecular weight excluding hydrogens is 297 g/mol. The Morgan fingerprint density at radius 2 is 1.90 bits per heavy atom. The maximum absolute atomic E-state index is 6.11. The molecule has 0 fully saturated rings. The molecule has 5 nitrogen and oxygen atoms in total. The van der Waals surface area contributed by atoms with Crippen LogP contribution in [-0.4, -0.2) is 19.6 Å².